The van der Waals surface area contributed by atoms with Crippen LogP contribution < -0.4 is 0 Å². The van der Waals surface area contributed by atoms with E-state index in [0.717, 1.165) is 0 Å². The molecule has 0 spiro atoms. The first-order valence-corrected chi connectivity index (χ1v) is 5.11. The first-order valence-electron chi connectivity index (χ1n) is 4.25. The van der Waals surface area contributed by atoms with E-state index in [4.69, 9.17) is 12.2 Å². The lowest BCUT2D eigenvalue weighted by molar-refractivity contribution is 0.101. The van der Waals surface area contributed by atoms with Crippen molar-refractivity contribution in [1.82, 2.24) is 0 Å². The SMILES string of the molecule is CC(=O)c1ccc(/C(O)=C/C(=S)S)cc1. The fourth-order valence-corrected chi connectivity index (χ4v) is 1.31. The molecule has 4 heteroatoms. The Balaban J connectivity index is 2.99. The van der Waals surface area contributed by atoms with Crippen molar-refractivity contribution < 1.29 is 9.90 Å². The van der Waals surface area contributed by atoms with Crippen LogP contribution >= 0.6 is 24.8 Å². The van der Waals surface area contributed by atoms with Crippen molar-refractivity contribution in [3.8, 4) is 0 Å². The lowest BCUT2D eigenvalue weighted by atomic mass is 10.1. The fraction of sp³-hybridized carbons (Fsp3) is 0.0909. The molecule has 0 heterocycles. The van der Waals surface area contributed by atoms with E-state index in [-0.39, 0.29) is 11.5 Å². The Labute approximate surface area is 99.0 Å². The van der Waals surface area contributed by atoms with Crippen LogP contribution in [0.1, 0.15) is 22.8 Å². The molecule has 1 rings (SSSR count). The number of thiol groups is 1. The van der Waals surface area contributed by atoms with E-state index in [2.05, 4.69) is 12.6 Å². The van der Waals surface area contributed by atoms with Crippen molar-refractivity contribution >= 4 is 40.6 Å². The van der Waals surface area contributed by atoms with E-state index in [0.29, 0.717) is 15.3 Å². The maximum Gasteiger partial charge on any atom is 0.159 e. The quantitative estimate of drug-likeness (QED) is 0.279. The minimum absolute atomic E-state index is 0.00487. The van der Waals surface area contributed by atoms with E-state index < -0.39 is 0 Å². The first-order chi connectivity index (χ1) is 7.00. The van der Waals surface area contributed by atoms with Gasteiger partial charge >= 0.3 is 0 Å². The summed E-state index contributed by atoms with van der Waals surface area (Å²) in [5, 5.41) is 9.56. The highest BCUT2D eigenvalue weighted by molar-refractivity contribution is 8.11. The number of hydrogen-bond donors (Lipinski definition) is 2. The molecule has 78 valence electrons. The van der Waals surface area contributed by atoms with Gasteiger partial charge in [0.2, 0.25) is 0 Å². The smallest absolute Gasteiger partial charge is 0.159 e. The summed E-state index contributed by atoms with van der Waals surface area (Å²) >= 11 is 8.59. The van der Waals surface area contributed by atoms with Gasteiger partial charge in [-0.05, 0) is 6.92 Å². The molecule has 0 fully saturated rings. The topological polar surface area (TPSA) is 37.3 Å². The van der Waals surface area contributed by atoms with Gasteiger partial charge in [0.05, 0.1) is 4.20 Å². The van der Waals surface area contributed by atoms with Crippen molar-refractivity contribution in [2.75, 3.05) is 0 Å². The number of aliphatic hydroxyl groups is 1. The van der Waals surface area contributed by atoms with E-state index >= 15 is 0 Å². The molecule has 0 saturated heterocycles. The average Bonchev–Trinajstić information content (AvgIpc) is 2.17. The summed E-state index contributed by atoms with van der Waals surface area (Å²) in [7, 11) is 0. The summed E-state index contributed by atoms with van der Waals surface area (Å²) in [6.45, 7) is 1.49. The largest absolute Gasteiger partial charge is 0.507 e. The Morgan fingerprint density at radius 1 is 1.33 bits per heavy atom. The van der Waals surface area contributed by atoms with E-state index in [1.165, 1.54) is 13.0 Å². The van der Waals surface area contributed by atoms with Crippen LogP contribution in [0.4, 0.5) is 0 Å². The molecular formula is C11H10O2S2. The number of Topliss-reactive ketones (excluding diaryl/α,β-unsaturated/α-hetero) is 1. The summed E-state index contributed by atoms with van der Waals surface area (Å²) in [6, 6.07) is 6.63. The maximum atomic E-state index is 11.0. The highest BCUT2D eigenvalue weighted by Gasteiger charge is 2.02. The van der Waals surface area contributed by atoms with Gasteiger partial charge in [0.15, 0.2) is 5.78 Å². The summed E-state index contributed by atoms with van der Waals surface area (Å²) < 4.78 is 0.308. The summed E-state index contributed by atoms with van der Waals surface area (Å²) in [5.74, 6) is 0.0415. The molecular weight excluding hydrogens is 228 g/mol. The van der Waals surface area contributed by atoms with E-state index in [9.17, 15) is 9.90 Å². The van der Waals surface area contributed by atoms with Gasteiger partial charge in [0.1, 0.15) is 5.76 Å². The van der Waals surface area contributed by atoms with Gasteiger partial charge in [-0.25, -0.2) is 0 Å². The molecule has 1 aromatic rings. The Morgan fingerprint density at radius 3 is 2.20 bits per heavy atom. The highest BCUT2D eigenvalue weighted by Crippen LogP contribution is 2.13. The number of rotatable bonds is 3. The minimum atomic E-state index is -0.00487. The van der Waals surface area contributed by atoms with Gasteiger partial charge in [-0.2, -0.15) is 0 Å². The lowest BCUT2D eigenvalue weighted by Gasteiger charge is -2.01. The second-order valence-electron chi connectivity index (χ2n) is 3.00. The van der Waals surface area contributed by atoms with Gasteiger partial charge in [-0.3, -0.25) is 4.79 Å². The van der Waals surface area contributed by atoms with Crippen LogP contribution in [0.25, 0.3) is 5.76 Å². The molecule has 2 nitrogen and oxygen atoms in total. The van der Waals surface area contributed by atoms with Gasteiger partial charge in [0.25, 0.3) is 0 Å². The van der Waals surface area contributed by atoms with Crippen LogP contribution in [0.5, 0.6) is 0 Å². The predicted molar refractivity (Wildman–Crippen MR) is 68.6 cm³/mol. The second kappa shape index (κ2) is 5.09. The minimum Gasteiger partial charge on any atom is -0.507 e. The third kappa shape index (κ3) is 3.49. The molecule has 15 heavy (non-hydrogen) atoms. The summed E-state index contributed by atoms with van der Waals surface area (Å²) in [5.41, 5.74) is 1.22. The van der Waals surface area contributed by atoms with Crippen LogP contribution in [0.2, 0.25) is 0 Å². The predicted octanol–water partition coefficient (Wildman–Crippen LogP) is 3.05. The molecule has 0 bridgehead atoms. The third-order valence-corrected chi connectivity index (χ3v) is 2.09. The second-order valence-corrected chi connectivity index (χ2v) is 4.23. The molecule has 0 amide bonds. The van der Waals surface area contributed by atoms with Crippen molar-refractivity contribution in [1.29, 1.82) is 0 Å². The average molecular weight is 238 g/mol. The molecule has 0 atom stereocenters. The van der Waals surface area contributed by atoms with Gasteiger partial charge < -0.3 is 5.11 Å². The molecule has 0 aromatic heterocycles. The van der Waals surface area contributed by atoms with Crippen LogP contribution in [0.15, 0.2) is 30.3 Å². The van der Waals surface area contributed by atoms with Crippen LogP contribution in [0.3, 0.4) is 0 Å². The number of thiocarbonyl (C=S) groups is 1. The normalized spacial score (nSPS) is 11.2. The molecule has 1 aromatic carbocycles. The molecule has 0 aliphatic heterocycles. The number of carbonyl (C=O) groups is 1. The number of carbonyl (C=O) groups excluding carboxylic acids is 1. The summed E-state index contributed by atoms with van der Waals surface area (Å²) in [6.07, 6.45) is 1.38. The Morgan fingerprint density at radius 2 is 1.80 bits per heavy atom. The molecule has 0 aliphatic carbocycles. The molecule has 0 saturated carbocycles. The third-order valence-electron chi connectivity index (χ3n) is 1.85. The van der Waals surface area contributed by atoms with Crippen molar-refractivity contribution in [2.24, 2.45) is 0 Å². The standard InChI is InChI=1S/C11H10O2S2/c1-7(12)8-2-4-9(5-3-8)10(13)6-11(14)15/h2-6,13H,1H3,(H,14,15)/b10-6-. The van der Waals surface area contributed by atoms with Gasteiger partial charge in [-0.15, -0.1) is 12.6 Å². The zero-order chi connectivity index (χ0) is 11.4. The van der Waals surface area contributed by atoms with Crippen molar-refractivity contribution in [2.45, 2.75) is 6.92 Å². The molecule has 0 radical (unpaired) electrons. The highest BCUT2D eigenvalue weighted by atomic mass is 32.1. The fourth-order valence-electron chi connectivity index (χ4n) is 1.08. The Bertz CT molecular complexity index is 419. The number of aliphatic hydroxyl groups excluding tert-OH is 1. The first kappa shape index (κ1) is 11.9. The van der Waals surface area contributed by atoms with Crippen LogP contribution in [0, 0.1) is 0 Å². The monoisotopic (exact) mass is 238 g/mol. The van der Waals surface area contributed by atoms with Crippen LogP contribution in [-0.2, 0) is 0 Å². The maximum absolute atomic E-state index is 11.0. The molecule has 1 N–H and O–H groups in total. The Kier molecular flexibility index (Phi) is 4.05. The van der Waals surface area contributed by atoms with E-state index in [1.54, 1.807) is 24.3 Å². The molecule has 0 unspecified atom stereocenters. The zero-order valence-corrected chi connectivity index (χ0v) is 9.81. The summed E-state index contributed by atoms with van der Waals surface area (Å²) in [4.78, 5) is 11.0. The van der Waals surface area contributed by atoms with Gasteiger partial charge in [0, 0.05) is 17.2 Å². The van der Waals surface area contributed by atoms with Crippen molar-refractivity contribution in [3.63, 3.8) is 0 Å². The van der Waals surface area contributed by atoms with Crippen molar-refractivity contribution in [3.05, 3.63) is 41.5 Å². The number of ketones is 1. The number of hydrogen-bond acceptors (Lipinski definition) is 3. The van der Waals surface area contributed by atoms with E-state index in [1.807, 2.05) is 0 Å². The lowest BCUT2D eigenvalue weighted by Crippen LogP contribution is -1.92. The van der Waals surface area contributed by atoms with Crippen LogP contribution in [-0.4, -0.2) is 15.1 Å². The number of benzene rings is 1. The molecule has 0 aliphatic rings. The van der Waals surface area contributed by atoms with Gasteiger partial charge in [-0.1, -0.05) is 36.5 Å². The Hall–Kier alpha value is -1.13. The zero-order valence-electron chi connectivity index (χ0n) is 8.10.